The van der Waals surface area contributed by atoms with Crippen LogP contribution in [-0.2, 0) is 24.4 Å². The summed E-state index contributed by atoms with van der Waals surface area (Å²) in [5, 5.41) is 9.15. The Morgan fingerprint density at radius 1 is 1.00 bits per heavy atom. The van der Waals surface area contributed by atoms with Gasteiger partial charge in [-0.05, 0) is 90.4 Å². The lowest BCUT2D eigenvalue weighted by Crippen LogP contribution is -2.42. The van der Waals surface area contributed by atoms with Gasteiger partial charge in [0, 0.05) is 26.8 Å². The number of aromatic nitrogens is 1. The first-order valence-electron chi connectivity index (χ1n) is 15.2. The van der Waals surface area contributed by atoms with Crippen molar-refractivity contribution in [2.45, 2.75) is 27.5 Å². The van der Waals surface area contributed by atoms with Crippen molar-refractivity contribution in [1.82, 2.24) is 4.98 Å². The summed E-state index contributed by atoms with van der Waals surface area (Å²) in [5.74, 6) is -1.50. The number of carbonyl (C=O) groups is 3. The number of nitrogens with one attached hydrogen (secondary N) is 2. The minimum absolute atomic E-state index is 0.000901. The Morgan fingerprint density at radius 3 is 2.42 bits per heavy atom. The van der Waals surface area contributed by atoms with Crippen molar-refractivity contribution in [1.29, 1.82) is 0 Å². The third-order valence-corrected chi connectivity index (χ3v) is 13.6. The van der Waals surface area contributed by atoms with Gasteiger partial charge in [0.05, 0.1) is 27.4 Å². The van der Waals surface area contributed by atoms with E-state index in [2.05, 4.69) is 10.3 Å². The largest absolute Gasteiger partial charge is 0.484 e. The first-order valence-corrected chi connectivity index (χ1v) is 18.8. The number of fused-ring (bicyclic) bond motifs is 9. The van der Waals surface area contributed by atoms with Crippen LogP contribution in [0.3, 0.4) is 0 Å². The summed E-state index contributed by atoms with van der Waals surface area (Å²) in [4.78, 5) is 58.1. The molecule has 1 aromatic heterocycles. The first kappa shape index (κ1) is 31.3. The van der Waals surface area contributed by atoms with Crippen molar-refractivity contribution < 1.29 is 27.5 Å². The van der Waals surface area contributed by atoms with Gasteiger partial charge in [0.1, 0.15) is 5.75 Å². The molecule has 0 spiro atoms. The summed E-state index contributed by atoms with van der Waals surface area (Å²) in [6, 6.07) is 19.6. The summed E-state index contributed by atoms with van der Waals surface area (Å²) >= 11 is 8.86. The van der Waals surface area contributed by atoms with Crippen LogP contribution in [0, 0.1) is 29.6 Å². The molecule has 2 saturated carbocycles. The SMILES string of the molecule is NS(=O)(=O)c1ccc(NC(=O)COc2cccc([C@H]3c4sc(=O)[nH]c4SC4C5CC(C6C(=O)N(c7ccc(Cl)cc7)C(=O)C56)C43)c2)cc1. The second kappa shape index (κ2) is 11.6. The molecular weight excluding hydrogens is 696 g/mol. The normalized spacial score (nSPS) is 27.0. The van der Waals surface area contributed by atoms with Crippen LogP contribution in [0.15, 0.2) is 87.5 Å². The summed E-state index contributed by atoms with van der Waals surface area (Å²) in [7, 11) is -3.85. The summed E-state index contributed by atoms with van der Waals surface area (Å²) < 4.78 is 28.9. The molecule has 3 heterocycles. The Hall–Kier alpha value is -3.95. The van der Waals surface area contributed by atoms with Crippen LogP contribution in [0.4, 0.5) is 11.4 Å². The predicted molar refractivity (Wildman–Crippen MR) is 181 cm³/mol. The summed E-state index contributed by atoms with van der Waals surface area (Å²) in [6.07, 6.45) is 0.758. The van der Waals surface area contributed by atoms with Crippen molar-refractivity contribution in [3.8, 4) is 5.75 Å². The number of primary sulfonamides is 1. The van der Waals surface area contributed by atoms with Crippen LogP contribution in [-0.4, -0.2) is 43.0 Å². The minimum atomic E-state index is -3.85. The third-order valence-electron chi connectivity index (χ3n) is 9.86. The number of H-pyrrole nitrogens is 1. The molecule has 15 heteroatoms. The van der Waals surface area contributed by atoms with Crippen molar-refractivity contribution in [2.24, 2.45) is 34.7 Å². The highest BCUT2D eigenvalue weighted by atomic mass is 35.5. The summed E-state index contributed by atoms with van der Waals surface area (Å²) in [6.45, 7) is -0.304. The Morgan fingerprint density at radius 2 is 1.71 bits per heavy atom. The number of carbonyl (C=O) groups excluding carboxylic acids is 3. The van der Waals surface area contributed by atoms with E-state index in [1.165, 1.54) is 40.5 Å². The topological polar surface area (TPSA) is 169 Å². The molecule has 3 aromatic carbocycles. The van der Waals surface area contributed by atoms with Crippen molar-refractivity contribution in [3.63, 3.8) is 0 Å². The molecule has 48 heavy (non-hydrogen) atoms. The zero-order chi connectivity index (χ0) is 33.5. The molecule has 11 nitrogen and oxygen atoms in total. The van der Waals surface area contributed by atoms with Crippen LogP contribution in [0.2, 0.25) is 5.02 Å². The number of halogens is 1. The number of hydrogen-bond donors (Lipinski definition) is 3. The van der Waals surface area contributed by atoms with E-state index in [9.17, 15) is 27.6 Å². The van der Waals surface area contributed by atoms with Crippen molar-refractivity contribution in [2.75, 3.05) is 16.8 Å². The number of rotatable bonds is 7. The van der Waals surface area contributed by atoms with Gasteiger partial charge in [-0.25, -0.2) is 13.6 Å². The molecule has 2 bridgehead atoms. The first-order chi connectivity index (χ1) is 23.0. The molecule has 4 aliphatic rings. The molecule has 4 aromatic rings. The monoisotopic (exact) mass is 722 g/mol. The fourth-order valence-corrected chi connectivity index (χ4v) is 11.6. The number of nitrogens with zero attached hydrogens (tertiary/aromatic N) is 1. The predicted octanol–water partition coefficient (Wildman–Crippen LogP) is 4.43. The van der Waals surface area contributed by atoms with E-state index in [1.54, 1.807) is 42.1 Å². The van der Waals surface area contributed by atoms with Gasteiger partial charge in [0.25, 0.3) is 5.91 Å². The Kier molecular flexibility index (Phi) is 7.56. The van der Waals surface area contributed by atoms with Gasteiger partial charge >= 0.3 is 4.87 Å². The maximum atomic E-state index is 14.0. The number of nitrogens with two attached hydrogens (primary N) is 1. The lowest BCUT2D eigenvalue weighted by atomic mass is 9.68. The molecule has 1 saturated heterocycles. The number of hydrogen-bond acceptors (Lipinski definition) is 9. The molecule has 0 radical (unpaired) electrons. The standard InChI is InChI=1S/C33H27ClN4O7S3/c34-16-4-8-18(9-5-16)38-31(40)26-21-13-22(27(26)32(38)41)28-25(21)24(29-30(46-28)37-33(42)47-29)15-2-1-3-19(12-15)45-14-23(39)36-17-6-10-20(11-7-17)48(35,43)44/h1-12,21-22,24-28H,13-14H2,(H,36,39)(H,37,42)(H2,35,43,44)/t21?,22?,24-,25?,26?,27?,28?/m1/s1. The van der Waals surface area contributed by atoms with Gasteiger partial charge in [-0.3, -0.25) is 24.1 Å². The molecule has 7 atom stereocenters. The number of benzene rings is 3. The molecule has 3 amide bonds. The number of aromatic amines is 1. The van der Waals surface area contributed by atoms with Crippen LogP contribution < -0.4 is 25.0 Å². The van der Waals surface area contributed by atoms with Gasteiger partial charge in [-0.1, -0.05) is 35.1 Å². The Bertz CT molecular complexity index is 2150. The molecule has 3 fully saturated rings. The molecule has 4 N–H and O–H groups in total. The second-order valence-electron chi connectivity index (χ2n) is 12.4. The molecule has 6 unspecified atom stereocenters. The van der Waals surface area contributed by atoms with E-state index in [1.807, 2.05) is 18.2 Å². The third kappa shape index (κ3) is 5.17. The quantitative estimate of drug-likeness (QED) is 0.236. The number of thioether (sulfide) groups is 1. The van der Waals surface area contributed by atoms with E-state index in [4.69, 9.17) is 21.5 Å². The molecule has 246 valence electrons. The number of thiazole rings is 1. The van der Waals surface area contributed by atoms with Crippen LogP contribution in [0.1, 0.15) is 22.8 Å². The van der Waals surface area contributed by atoms with Gasteiger partial charge in [-0.2, -0.15) is 0 Å². The van der Waals surface area contributed by atoms with Crippen LogP contribution >= 0.6 is 34.7 Å². The Labute approximate surface area is 287 Å². The number of ether oxygens (including phenoxy) is 1. The van der Waals surface area contributed by atoms with Crippen molar-refractivity contribution in [3.05, 3.63) is 97.9 Å². The van der Waals surface area contributed by atoms with Crippen LogP contribution in [0.5, 0.6) is 5.75 Å². The average molecular weight is 723 g/mol. The number of amides is 3. The highest BCUT2D eigenvalue weighted by molar-refractivity contribution is 8.00. The zero-order valence-electron chi connectivity index (χ0n) is 24.9. The van der Waals surface area contributed by atoms with Crippen LogP contribution in [0.25, 0.3) is 0 Å². The number of anilines is 2. The van der Waals surface area contributed by atoms with Gasteiger partial charge in [-0.15, -0.1) is 11.8 Å². The maximum absolute atomic E-state index is 14.0. The molecule has 2 aliphatic carbocycles. The van der Waals surface area contributed by atoms with E-state index < -0.39 is 27.8 Å². The van der Waals surface area contributed by atoms with E-state index >= 15 is 0 Å². The van der Waals surface area contributed by atoms with E-state index in [-0.39, 0.29) is 57.1 Å². The highest BCUT2D eigenvalue weighted by Gasteiger charge is 2.69. The van der Waals surface area contributed by atoms with Gasteiger partial charge in [0.15, 0.2) is 6.61 Å². The van der Waals surface area contributed by atoms with Gasteiger partial charge < -0.3 is 15.0 Å². The minimum Gasteiger partial charge on any atom is -0.484 e. The average Bonchev–Trinajstić information content (AvgIpc) is 3.79. The molecular formula is C33H27ClN4O7S3. The lowest BCUT2D eigenvalue weighted by Gasteiger charge is -2.43. The van der Waals surface area contributed by atoms with E-state index in [0.717, 1.165) is 21.9 Å². The number of imide groups is 1. The summed E-state index contributed by atoms with van der Waals surface area (Å²) in [5.41, 5.74) is 1.80. The fraction of sp³-hybridized carbons (Fsp3) is 0.273. The van der Waals surface area contributed by atoms with Crippen molar-refractivity contribution >= 4 is 73.8 Å². The maximum Gasteiger partial charge on any atom is 0.305 e. The number of sulfonamides is 1. The second-order valence-corrected chi connectivity index (χ2v) is 16.6. The smallest absolute Gasteiger partial charge is 0.305 e. The molecule has 8 rings (SSSR count). The van der Waals surface area contributed by atoms with Gasteiger partial charge in [0.2, 0.25) is 21.8 Å². The zero-order valence-corrected chi connectivity index (χ0v) is 28.1. The highest BCUT2D eigenvalue weighted by Crippen LogP contribution is 2.68. The molecule has 2 aliphatic heterocycles. The van der Waals surface area contributed by atoms with E-state index in [0.29, 0.717) is 22.1 Å². The lowest BCUT2D eigenvalue weighted by molar-refractivity contribution is -0.123. The Balaban J connectivity index is 1.05. The fourth-order valence-electron chi connectivity index (χ4n) is 8.11.